The summed E-state index contributed by atoms with van der Waals surface area (Å²) in [7, 11) is -3.24. The number of carbonyl (C=O) groups is 1. The summed E-state index contributed by atoms with van der Waals surface area (Å²) in [6, 6.07) is 9.29. The van der Waals surface area contributed by atoms with Gasteiger partial charge in [0.25, 0.3) is 5.91 Å². The molecular formula is C16H20N4O3S. The van der Waals surface area contributed by atoms with Crippen molar-refractivity contribution in [3.8, 4) is 11.3 Å². The van der Waals surface area contributed by atoms with Gasteiger partial charge in [-0.2, -0.15) is 5.10 Å². The first kappa shape index (κ1) is 16.7. The minimum atomic E-state index is -3.24. The van der Waals surface area contributed by atoms with E-state index in [-0.39, 0.29) is 11.9 Å². The van der Waals surface area contributed by atoms with Gasteiger partial charge in [0.2, 0.25) is 10.0 Å². The molecule has 2 aromatic rings. The van der Waals surface area contributed by atoms with E-state index in [2.05, 4.69) is 15.5 Å². The largest absolute Gasteiger partial charge is 0.348 e. The van der Waals surface area contributed by atoms with Crippen LogP contribution in [0.1, 0.15) is 23.2 Å². The molecule has 1 unspecified atom stereocenters. The molecule has 0 radical (unpaired) electrons. The van der Waals surface area contributed by atoms with Crippen LogP contribution in [0.3, 0.4) is 0 Å². The molecule has 2 N–H and O–H groups in total. The number of hydrogen-bond acceptors (Lipinski definition) is 4. The van der Waals surface area contributed by atoms with Crippen LogP contribution in [0.25, 0.3) is 11.3 Å². The molecular weight excluding hydrogens is 328 g/mol. The highest BCUT2D eigenvalue weighted by molar-refractivity contribution is 7.88. The van der Waals surface area contributed by atoms with Crippen molar-refractivity contribution in [1.29, 1.82) is 0 Å². The zero-order valence-electron chi connectivity index (χ0n) is 13.4. The highest BCUT2D eigenvalue weighted by atomic mass is 32.2. The fourth-order valence-electron chi connectivity index (χ4n) is 2.91. The summed E-state index contributed by atoms with van der Waals surface area (Å²) in [4.78, 5) is 12.6. The summed E-state index contributed by atoms with van der Waals surface area (Å²) < 4.78 is 24.8. The van der Waals surface area contributed by atoms with Gasteiger partial charge in [0.05, 0.1) is 23.7 Å². The van der Waals surface area contributed by atoms with Crippen LogP contribution >= 0.6 is 0 Å². The molecule has 24 heavy (non-hydrogen) atoms. The summed E-state index contributed by atoms with van der Waals surface area (Å²) in [5.74, 6) is -0.247. The standard InChI is InChI=1S/C16H20N4O3S/c1-24(22,23)20-9-5-8-13(11-20)18-16(21)14-10-17-19-15(14)12-6-3-2-4-7-12/h2-4,6-7,10,13H,5,8-9,11H2,1H3,(H,17,19)(H,18,21). The first-order valence-electron chi connectivity index (χ1n) is 7.80. The summed E-state index contributed by atoms with van der Waals surface area (Å²) in [5.41, 5.74) is 1.99. The smallest absolute Gasteiger partial charge is 0.255 e. The first-order valence-corrected chi connectivity index (χ1v) is 9.65. The van der Waals surface area contributed by atoms with E-state index in [1.165, 1.54) is 16.8 Å². The third-order valence-electron chi connectivity index (χ3n) is 4.13. The van der Waals surface area contributed by atoms with E-state index in [9.17, 15) is 13.2 Å². The lowest BCUT2D eigenvalue weighted by molar-refractivity contribution is 0.0922. The predicted octanol–water partition coefficient (Wildman–Crippen LogP) is 1.23. The first-order chi connectivity index (χ1) is 11.4. The number of sulfonamides is 1. The summed E-state index contributed by atoms with van der Waals surface area (Å²) in [6.07, 6.45) is 4.18. The molecule has 1 saturated heterocycles. The van der Waals surface area contributed by atoms with Crippen LogP contribution in [0.15, 0.2) is 36.5 Å². The Labute approximate surface area is 141 Å². The molecule has 0 aliphatic carbocycles. The Hall–Kier alpha value is -2.19. The van der Waals surface area contributed by atoms with Crippen LogP contribution in [0.2, 0.25) is 0 Å². The molecule has 1 atom stereocenters. The maximum Gasteiger partial charge on any atom is 0.255 e. The number of aromatic nitrogens is 2. The van der Waals surface area contributed by atoms with Crippen molar-refractivity contribution in [3.05, 3.63) is 42.1 Å². The Morgan fingerprint density at radius 1 is 1.33 bits per heavy atom. The highest BCUT2D eigenvalue weighted by Gasteiger charge is 2.27. The molecule has 1 amide bonds. The quantitative estimate of drug-likeness (QED) is 0.869. The molecule has 0 spiro atoms. The van der Waals surface area contributed by atoms with Crippen molar-refractivity contribution in [1.82, 2.24) is 19.8 Å². The molecule has 128 valence electrons. The molecule has 0 bridgehead atoms. The fraction of sp³-hybridized carbons (Fsp3) is 0.375. The fourth-order valence-corrected chi connectivity index (χ4v) is 3.82. The number of hydrogen-bond donors (Lipinski definition) is 2. The van der Waals surface area contributed by atoms with Gasteiger partial charge in [-0.05, 0) is 12.8 Å². The second-order valence-corrected chi connectivity index (χ2v) is 7.94. The van der Waals surface area contributed by atoms with Crippen molar-refractivity contribution in [2.75, 3.05) is 19.3 Å². The van der Waals surface area contributed by atoms with Crippen molar-refractivity contribution in [2.24, 2.45) is 0 Å². The molecule has 7 nitrogen and oxygen atoms in total. The minimum absolute atomic E-state index is 0.195. The molecule has 1 aromatic heterocycles. The molecule has 0 saturated carbocycles. The molecule has 2 heterocycles. The van der Waals surface area contributed by atoms with E-state index in [1.54, 1.807) is 0 Å². The molecule has 1 fully saturated rings. The van der Waals surface area contributed by atoms with Crippen molar-refractivity contribution >= 4 is 15.9 Å². The maximum atomic E-state index is 12.6. The lowest BCUT2D eigenvalue weighted by Gasteiger charge is -2.31. The topological polar surface area (TPSA) is 95.2 Å². The molecule has 1 aromatic carbocycles. The Balaban J connectivity index is 1.73. The average molecular weight is 348 g/mol. The molecule has 1 aliphatic rings. The molecule has 8 heteroatoms. The van der Waals surface area contributed by atoms with Gasteiger partial charge >= 0.3 is 0 Å². The van der Waals surface area contributed by atoms with Crippen molar-refractivity contribution < 1.29 is 13.2 Å². The number of piperidine rings is 1. The van der Waals surface area contributed by atoms with Gasteiger partial charge in [0.1, 0.15) is 0 Å². The number of carbonyl (C=O) groups excluding carboxylic acids is 1. The van der Waals surface area contributed by atoms with Gasteiger partial charge < -0.3 is 5.32 Å². The second kappa shape index (κ2) is 6.74. The highest BCUT2D eigenvalue weighted by Crippen LogP contribution is 2.21. The Bertz CT molecular complexity index is 817. The van der Waals surface area contributed by atoms with E-state index in [1.807, 2.05) is 30.3 Å². The summed E-state index contributed by atoms with van der Waals surface area (Å²) >= 11 is 0. The zero-order chi connectivity index (χ0) is 17.2. The van der Waals surface area contributed by atoms with Gasteiger partial charge in [0, 0.05) is 24.7 Å². The number of benzene rings is 1. The SMILES string of the molecule is CS(=O)(=O)N1CCCC(NC(=O)c2cn[nH]c2-c2ccccc2)C1. The van der Waals surface area contributed by atoms with Crippen LogP contribution in [0, 0.1) is 0 Å². The Kier molecular flexibility index (Phi) is 4.68. The predicted molar refractivity (Wildman–Crippen MR) is 90.9 cm³/mol. The average Bonchev–Trinajstić information content (AvgIpc) is 3.05. The third kappa shape index (κ3) is 3.65. The van der Waals surface area contributed by atoms with Crippen LogP contribution in [0.4, 0.5) is 0 Å². The van der Waals surface area contributed by atoms with Crippen LogP contribution < -0.4 is 5.32 Å². The van der Waals surface area contributed by atoms with E-state index in [0.29, 0.717) is 24.3 Å². The normalized spacial score (nSPS) is 19.1. The van der Waals surface area contributed by atoms with Gasteiger partial charge in [0.15, 0.2) is 0 Å². The number of H-pyrrole nitrogens is 1. The van der Waals surface area contributed by atoms with Gasteiger partial charge in [-0.3, -0.25) is 9.89 Å². The molecule has 1 aliphatic heterocycles. The van der Waals surface area contributed by atoms with E-state index < -0.39 is 10.0 Å². The molecule has 3 rings (SSSR count). The Morgan fingerprint density at radius 2 is 2.08 bits per heavy atom. The van der Waals surface area contributed by atoms with Gasteiger partial charge in [-0.15, -0.1) is 0 Å². The lowest BCUT2D eigenvalue weighted by atomic mass is 10.1. The number of amides is 1. The number of nitrogens with one attached hydrogen (secondary N) is 2. The summed E-state index contributed by atoms with van der Waals surface area (Å²) in [6.45, 7) is 0.815. The van der Waals surface area contributed by atoms with Crippen molar-refractivity contribution in [3.63, 3.8) is 0 Å². The third-order valence-corrected chi connectivity index (χ3v) is 5.40. The van der Waals surface area contributed by atoms with E-state index >= 15 is 0 Å². The number of nitrogens with zero attached hydrogens (tertiary/aromatic N) is 2. The van der Waals surface area contributed by atoms with E-state index in [4.69, 9.17) is 0 Å². The van der Waals surface area contributed by atoms with Crippen LogP contribution in [0.5, 0.6) is 0 Å². The Morgan fingerprint density at radius 3 is 2.79 bits per heavy atom. The second-order valence-electron chi connectivity index (χ2n) is 5.96. The lowest BCUT2D eigenvalue weighted by Crippen LogP contribution is -2.49. The minimum Gasteiger partial charge on any atom is -0.348 e. The maximum absolute atomic E-state index is 12.6. The monoisotopic (exact) mass is 348 g/mol. The van der Waals surface area contributed by atoms with Gasteiger partial charge in [-0.25, -0.2) is 12.7 Å². The summed E-state index contributed by atoms with van der Waals surface area (Å²) in [5, 5.41) is 9.76. The number of rotatable bonds is 4. The van der Waals surface area contributed by atoms with Gasteiger partial charge in [-0.1, -0.05) is 30.3 Å². The number of aromatic amines is 1. The van der Waals surface area contributed by atoms with E-state index in [0.717, 1.165) is 18.4 Å². The zero-order valence-corrected chi connectivity index (χ0v) is 14.2. The van der Waals surface area contributed by atoms with Crippen molar-refractivity contribution in [2.45, 2.75) is 18.9 Å². The van der Waals surface area contributed by atoms with Crippen LogP contribution in [-0.2, 0) is 10.0 Å². The van der Waals surface area contributed by atoms with Crippen LogP contribution in [-0.4, -0.2) is 54.2 Å².